The lowest BCUT2D eigenvalue weighted by Gasteiger charge is -2.12. The van der Waals surface area contributed by atoms with Crippen molar-refractivity contribution in [3.05, 3.63) is 77.4 Å². The predicted octanol–water partition coefficient (Wildman–Crippen LogP) is 4.26. The van der Waals surface area contributed by atoms with Gasteiger partial charge in [0.2, 0.25) is 5.89 Å². The van der Waals surface area contributed by atoms with E-state index >= 15 is 0 Å². The Morgan fingerprint density at radius 1 is 1.13 bits per heavy atom. The number of hydrogen-bond donors (Lipinski definition) is 1. The maximum absolute atomic E-state index is 13.0. The fourth-order valence-corrected chi connectivity index (χ4v) is 3.11. The maximum Gasteiger partial charge on any atom is 0.226 e. The van der Waals surface area contributed by atoms with Crippen LogP contribution in [0.25, 0.3) is 11.5 Å². The van der Waals surface area contributed by atoms with Gasteiger partial charge in [-0.15, -0.1) is 0 Å². The van der Waals surface area contributed by atoms with Crippen molar-refractivity contribution < 1.29 is 8.81 Å². The van der Waals surface area contributed by atoms with Gasteiger partial charge in [0, 0.05) is 18.2 Å². The number of nitrogens with one attached hydrogen (secondary N) is 1. The van der Waals surface area contributed by atoms with Crippen LogP contribution < -0.4 is 5.32 Å². The van der Waals surface area contributed by atoms with Gasteiger partial charge in [0.15, 0.2) is 0 Å². The van der Waals surface area contributed by atoms with E-state index < -0.39 is 0 Å². The third kappa shape index (κ3) is 2.90. The molecule has 0 bridgehead atoms. The molecule has 1 atom stereocenters. The predicted molar refractivity (Wildman–Crippen MR) is 86.2 cm³/mol. The summed E-state index contributed by atoms with van der Waals surface area (Å²) in [5, 5.41) is 3.55. The van der Waals surface area contributed by atoms with Gasteiger partial charge in [-0.3, -0.25) is 0 Å². The summed E-state index contributed by atoms with van der Waals surface area (Å²) in [6.07, 6.45) is 3.89. The topological polar surface area (TPSA) is 38.1 Å². The van der Waals surface area contributed by atoms with Gasteiger partial charge in [0.25, 0.3) is 0 Å². The van der Waals surface area contributed by atoms with Crippen molar-refractivity contribution in [1.29, 1.82) is 0 Å². The van der Waals surface area contributed by atoms with E-state index in [1.807, 2.05) is 0 Å². The number of fused-ring (bicyclic) bond motifs is 1. The second-order valence-corrected chi connectivity index (χ2v) is 5.82. The summed E-state index contributed by atoms with van der Waals surface area (Å²) in [6, 6.07) is 15.1. The lowest BCUT2D eigenvalue weighted by atomic mass is 10.1. The zero-order valence-corrected chi connectivity index (χ0v) is 12.6. The molecule has 0 aliphatic heterocycles. The summed E-state index contributed by atoms with van der Waals surface area (Å²) in [7, 11) is 0. The van der Waals surface area contributed by atoms with Crippen molar-refractivity contribution in [1.82, 2.24) is 10.3 Å². The molecule has 1 aliphatic carbocycles. The van der Waals surface area contributed by atoms with Gasteiger partial charge >= 0.3 is 0 Å². The minimum Gasteiger partial charge on any atom is -0.444 e. The molecule has 3 nitrogen and oxygen atoms in total. The summed E-state index contributed by atoms with van der Waals surface area (Å²) in [5.41, 5.74) is 4.45. The van der Waals surface area contributed by atoms with Crippen molar-refractivity contribution in [3.63, 3.8) is 0 Å². The zero-order valence-electron chi connectivity index (χ0n) is 12.6. The first kappa shape index (κ1) is 14.2. The molecule has 0 saturated carbocycles. The van der Waals surface area contributed by atoms with E-state index in [1.165, 1.54) is 23.3 Å². The average molecular weight is 308 g/mol. The molecule has 116 valence electrons. The van der Waals surface area contributed by atoms with E-state index in [9.17, 15) is 4.39 Å². The zero-order chi connectivity index (χ0) is 15.6. The van der Waals surface area contributed by atoms with Crippen LogP contribution in [0.15, 0.2) is 59.2 Å². The lowest BCUT2D eigenvalue weighted by molar-refractivity contribution is 0.521. The van der Waals surface area contributed by atoms with Gasteiger partial charge in [-0.2, -0.15) is 0 Å². The summed E-state index contributed by atoms with van der Waals surface area (Å²) in [5.74, 6) is 0.260. The molecule has 1 N–H and O–H groups in total. The summed E-state index contributed by atoms with van der Waals surface area (Å²) in [6.45, 7) is 0.656. The Balaban J connectivity index is 1.44. The Hall–Kier alpha value is -2.46. The van der Waals surface area contributed by atoms with Crippen molar-refractivity contribution in [2.45, 2.75) is 25.4 Å². The fraction of sp³-hybridized carbons (Fsp3) is 0.211. The molecule has 23 heavy (non-hydrogen) atoms. The molecule has 0 amide bonds. The van der Waals surface area contributed by atoms with Crippen LogP contribution in [0.2, 0.25) is 0 Å². The molecule has 4 rings (SSSR count). The molecule has 1 aromatic heterocycles. The molecule has 4 heteroatoms. The van der Waals surface area contributed by atoms with Crippen LogP contribution in [0.5, 0.6) is 0 Å². The standard InChI is InChI=1S/C19H17FN2O/c20-15-8-5-14(6-9-15)19-22-16(12-23-19)11-21-18-10-7-13-3-1-2-4-17(13)18/h1-6,8-9,12,18,21H,7,10-11H2. The van der Waals surface area contributed by atoms with Gasteiger partial charge < -0.3 is 9.73 Å². The number of halogens is 1. The number of oxazole rings is 1. The first-order valence-electron chi connectivity index (χ1n) is 7.81. The first-order valence-corrected chi connectivity index (χ1v) is 7.81. The normalized spacial score (nSPS) is 16.5. The number of hydrogen-bond acceptors (Lipinski definition) is 3. The van der Waals surface area contributed by atoms with Crippen molar-refractivity contribution in [2.75, 3.05) is 0 Å². The van der Waals surface area contributed by atoms with Crippen LogP contribution in [0.4, 0.5) is 4.39 Å². The molecule has 0 radical (unpaired) electrons. The fourth-order valence-electron chi connectivity index (χ4n) is 3.11. The Labute approximate surface area is 134 Å². The molecule has 2 aromatic carbocycles. The number of nitrogens with zero attached hydrogens (tertiary/aromatic N) is 1. The molecule has 0 spiro atoms. The Morgan fingerprint density at radius 2 is 1.96 bits per heavy atom. The lowest BCUT2D eigenvalue weighted by Crippen LogP contribution is -2.18. The smallest absolute Gasteiger partial charge is 0.226 e. The summed E-state index contributed by atoms with van der Waals surface area (Å²) >= 11 is 0. The van der Waals surface area contributed by atoms with E-state index in [0.29, 0.717) is 18.5 Å². The second-order valence-electron chi connectivity index (χ2n) is 5.82. The quantitative estimate of drug-likeness (QED) is 0.782. The minimum atomic E-state index is -0.262. The third-order valence-corrected chi connectivity index (χ3v) is 4.31. The highest BCUT2D eigenvalue weighted by atomic mass is 19.1. The molecule has 1 unspecified atom stereocenters. The summed E-state index contributed by atoms with van der Waals surface area (Å²) in [4.78, 5) is 4.48. The van der Waals surface area contributed by atoms with Gasteiger partial charge in [-0.1, -0.05) is 24.3 Å². The van der Waals surface area contributed by atoms with Crippen LogP contribution in [0.3, 0.4) is 0 Å². The van der Waals surface area contributed by atoms with Gasteiger partial charge in [-0.25, -0.2) is 9.37 Å². The number of benzene rings is 2. The average Bonchev–Trinajstić information content (AvgIpc) is 3.20. The highest BCUT2D eigenvalue weighted by molar-refractivity contribution is 5.52. The highest BCUT2D eigenvalue weighted by Crippen LogP contribution is 2.31. The second kappa shape index (κ2) is 5.97. The molecule has 1 heterocycles. The first-order chi connectivity index (χ1) is 11.3. The van der Waals surface area contributed by atoms with Gasteiger partial charge in [-0.05, 0) is 48.2 Å². The molecule has 3 aromatic rings. The van der Waals surface area contributed by atoms with E-state index in [-0.39, 0.29) is 5.82 Å². The molecule has 0 fully saturated rings. The summed E-state index contributed by atoms with van der Waals surface area (Å²) < 4.78 is 18.5. The SMILES string of the molecule is Fc1ccc(-c2nc(CNC3CCc4ccccc43)co2)cc1. The maximum atomic E-state index is 13.0. The number of aromatic nitrogens is 1. The van der Waals surface area contributed by atoms with Crippen molar-refractivity contribution in [2.24, 2.45) is 0 Å². The Kier molecular flexibility index (Phi) is 3.67. The third-order valence-electron chi connectivity index (χ3n) is 4.31. The van der Waals surface area contributed by atoms with Gasteiger partial charge in [0.05, 0.1) is 5.69 Å². The van der Waals surface area contributed by atoms with Gasteiger partial charge in [0.1, 0.15) is 12.1 Å². The monoisotopic (exact) mass is 308 g/mol. The van der Waals surface area contributed by atoms with E-state index in [0.717, 1.165) is 24.1 Å². The van der Waals surface area contributed by atoms with Crippen LogP contribution in [0.1, 0.15) is 29.3 Å². The Morgan fingerprint density at radius 3 is 2.83 bits per heavy atom. The highest BCUT2D eigenvalue weighted by Gasteiger charge is 2.21. The van der Waals surface area contributed by atoms with E-state index in [4.69, 9.17) is 4.42 Å². The van der Waals surface area contributed by atoms with E-state index in [1.54, 1.807) is 18.4 Å². The molecular weight excluding hydrogens is 291 g/mol. The molecule has 0 saturated heterocycles. The van der Waals surface area contributed by atoms with Crippen LogP contribution in [-0.2, 0) is 13.0 Å². The van der Waals surface area contributed by atoms with Crippen LogP contribution >= 0.6 is 0 Å². The molecular formula is C19H17FN2O. The number of rotatable bonds is 4. The van der Waals surface area contributed by atoms with Crippen LogP contribution in [-0.4, -0.2) is 4.98 Å². The largest absolute Gasteiger partial charge is 0.444 e. The van der Waals surface area contributed by atoms with Crippen molar-refractivity contribution in [3.8, 4) is 11.5 Å². The van der Waals surface area contributed by atoms with E-state index in [2.05, 4.69) is 34.6 Å². The number of aryl methyl sites for hydroxylation is 1. The van der Waals surface area contributed by atoms with Crippen LogP contribution in [0, 0.1) is 5.82 Å². The molecule has 1 aliphatic rings. The van der Waals surface area contributed by atoms with Crippen molar-refractivity contribution >= 4 is 0 Å². The Bertz CT molecular complexity index is 810. The minimum absolute atomic E-state index is 0.262.